The minimum Gasteiger partial charge on any atom is -0.472 e. The molecule has 1 aromatic heterocycles. The summed E-state index contributed by atoms with van der Waals surface area (Å²) < 4.78 is 13.0. The Balaban J connectivity index is 1.42. The molecule has 0 bridgehead atoms. The lowest BCUT2D eigenvalue weighted by molar-refractivity contribution is 0.0916. The second-order valence-electron chi connectivity index (χ2n) is 4.75. The second kappa shape index (κ2) is 4.49. The second-order valence-corrected chi connectivity index (χ2v) is 4.75. The van der Waals surface area contributed by atoms with E-state index in [9.17, 15) is 4.79 Å². The number of carbonyl (C=O) groups is 1. The zero-order valence-electron chi connectivity index (χ0n) is 9.67. The summed E-state index contributed by atoms with van der Waals surface area (Å²) in [5, 5.41) is 4.11. The summed E-state index contributed by atoms with van der Waals surface area (Å²) in [6, 6.07) is 1.68. The summed E-state index contributed by atoms with van der Waals surface area (Å²) >= 11 is 0. The van der Waals surface area contributed by atoms with Crippen molar-refractivity contribution in [2.75, 3.05) is 13.2 Å². The van der Waals surface area contributed by atoms with Crippen LogP contribution in [0.15, 0.2) is 6.07 Å². The molecular formula is C12H16N2O3. The van der Waals surface area contributed by atoms with Crippen LogP contribution in [0.1, 0.15) is 29.8 Å². The van der Waals surface area contributed by atoms with Crippen molar-refractivity contribution in [2.24, 2.45) is 5.92 Å². The van der Waals surface area contributed by atoms with Gasteiger partial charge in [-0.25, -0.2) is 4.68 Å². The Morgan fingerprint density at radius 2 is 2.47 bits per heavy atom. The average molecular weight is 236 g/mol. The van der Waals surface area contributed by atoms with Crippen LogP contribution in [0.3, 0.4) is 0 Å². The Bertz CT molecular complexity index is 388. The van der Waals surface area contributed by atoms with Gasteiger partial charge < -0.3 is 9.47 Å². The fraction of sp³-hybridized carbons (Fsp3) is 0.667. The summed E-state index contributed by atoms with van der Waals surface area (Å²) in [6.45, 7) is 2.36. The van der Waals surface area contributed by atoms with Crippen molar-refractivity contribution in [1.29, 1.82) is 0 Å². The van der Waals surface area contributed by atoms with Crippen molar-refractivity contribution in [3.05, 3.63) is 11.8 Å². The molecule has 1 unspecified atom stereocenters. The van der Waals surface area contributed by atoms with Crippen molar-refractivity contribution in [3.8, 4) is 5.88 Å². The third-order valence-corrected chi connectivity index (χ3v) is 3.18. The SMILES string of the molecule is O=Cc1cc2n(n1)CC(CCOCC1CC1)O2. The van der Waals surface area contributed by atoms with Crippen LogP contribution in [0, 0.1) is 5.92 Å². The van der Waals surface area contributed by atoms with Crippen LogP contribution in [0.2, 0.25) is 0 Å². The highest BCUT2D eigenvalue weighted by Gasteiger charge is 2.25. The molecule has 0 N–H and O–H groups in total. The molecule has 0 saturated heterocycles. The van der Waals surface area contributed by atoms with Gasteiger partial charge in [0.2, 0.25) is 5.88 Å². The summed E-state index contributed by atoms with van der Waals surface area (Å²) in [5.74, 6) is 1.50. The first kappa shape index (κ1) is 10.8. The molecule has 92 valence electrons. The first-order chi connectivity index (χ1) is 8.35. The monoisotopic (exact) mass is 236 g/mol. The standard InChI is InChI=1S/C12H16N2O3/c15-7-10-5-12-14(13-10)6-11(17-12)3-4-16-8-9-1-2-9/h5,7,9,11H,1-4,6,8H2. The highest BCUT2D eigenvalue weighted by atomic mass is 16.5. The largest absolute Gasteiger partial charge is 0.472 e. The number of nitrogens with zero attached hydrogens (tertiary/aromatic N) is 2. The number of aromatic nitrogens is 2. The zero-order chi connectivity index (χ0) is 11.7. The van der Waals surface area contributed by atoms with Crippen LogP contribution in [0.5, 0.6) is 5.88 Å². The average Bonchev–Trinajstić information content (AvgIpc) is 2.95. The number of hydrogen-bond donors (Lipinski definition) is 0. The minimum atomic E-state index is 0.136. The predicted molar refractivity (Wildman–Crippen MR) is 60.2 cm³/mol. The Labute approximate surface area is 99.7 Å². The summed E-state index contributed by atoms with van der Waals surface area (Å²) in [6.07, 6.45) is 4.40. The number of rotatable bonds is 6. The third-order valence-electron chi connectivity index (χ3n) is 3.18. The maximum atomic E-state index is 10.5. The number of carbonyl (C=O) groups excluding carboxylic acids is 1. The van der Waals surface area contributed by atoms with E-state index in [2.05, 4.69) is 5.10 Å². The van der Waals surface area contributed by atoms with Gasteiger partial charge in [0.1, 0.15) is 11.8 Å². The first-order valence-corrected chi connectivity index (χ1v) is 6.12. The molecule has 1 fully saturated rings. The number of hydrogen-bond acceptors (Lipinski definition) is 4. The summed E-state index contributed by atoms with van der Waals surface area (Å²) in [4.78, 5) is 10.5. The molecule has 5 heteroatoms. The van der Waals surface area contributed by atoms with Crippen LogP contribution in [0.25, 0.3) is 0 Å². The number of ether oxygens (including phenoxy) is 2. The van der Waals surface area contributed by atoms with Crippen molar-refractivity contribution in [2.45, 2.75) is 31.9 Å². The Morgan fingerprint density at radius 3 is 3.18 bits per heavy atom. The molecule has 1 aromatic rings. The Morgan fingerprint density at radius 1 is 1.59 bits per heavy atom. The van der Waals surface area contributed by atoms with E-state index in [4.69, 9.17) is 9.47 Å². The van der Waals surface area contributed by atoms with Crippen LogP contribution < -0.4 is 4.74 Å². The Hall–Kier alpha value is -1.36. The van der Waals surface area contributed by atoms with E-state index in [0.717, 1.165) is 38.4 Å². The van der Waals surface area contributed by atoms with Gasteiger partial charge in [-0.15, -0.1) is 0 Å². The van der Waals surface area contributed by atoms with Gasteiger partial charge in [-0.2, -0.15) is 5.10 Å². The van der Waals surface area contributed by atoms with Gasteiger partial charge in [0.15, 0.2) is 6.29 Å². The van der Waals surface area contributed by atoms with Crippen molar-refractivity contribution < 1.29 is 14.3 Å². The van der Waals surface area contributed by atoms with Crippen LogP contribution >= 0.6 is 0 Å². The molecule has 17 heavy (non-hydrogen) atoms. The first-order valence-electron chi connectivity index (χ1n) is 6.12. The zero-order valence-corrected chi connectivity index (χ0v) is 9.67. The predicted octanol–water partition coefficient (Wildman–Crippen LogP) is 1.27. The van der Waals surface area contributed by atoms with Gasteiger partial charge in [-0.1, -0.05) is 0 Å². The molecular weight excluding hydrogens is 220 g/mol. The topological polar surface area (TPSA) is 53.4 Å². The summed E-state index contributed by atoms with van der Waals surface area (Å²) in [5.41, 5.74) is 0.434. The van der Waals surface area contributed by atoms with E-state index in [1.54, 1.807) is 10.7 Å². The smallest absolute Gasteiger partial charge is 0.212 e. The van der Waals surface area contributed by atoms with Crippen molar-refractivity contribution in [3.63, 3.8) is 0 Å². The van der Waals surface area contributed by atoms with E-state index in [0.29, 0.717) is 11.6 Å². The molecule has 0 amide bonds. The van der Waals surface area contributed by atoms with Crippen molar-refractivity contribution >= 4 is 6.29 Å². The summed E-state index contributed by atoms with van der Waals surface area (Å²) in [7, 11) is 0. The molecule has 5 nitrogen and oxygen atoms in total. The number of aldehydes is 1. The lowest BCUT2D eigenvalue weighted by Gasteiger charge is -2.09. The minimum absolute atomic E-state index is 0.136. The van der Waals surface area contributed by atoms with Gasteiger partial charge in [0.05, 0.1) is 13.2 Å². The van der Waals surface area contributed by atoms with Gasteiger partial charge in [-0.05, 0) is 18.8 Å². The van der Waals surface area contributed by atoms with Gasteiger partial charge >= 0.3 is 0 Å². The molecule has 1 aliphatic heterocycles. The molecule has 2 aliphatic rings. The van der Waals surface area contributed by atoms with Crippen LogP contribution in [-0.2, 0) is 11.3 Å². The van der Waals surface area contributed by atoms with E-state index in [1.807, 2.05) is 0 Å². The molecule has 0 aromatic carbocycles. The quantitative estimate of drug-likeness (QED) is 0.551. The van der Waals surface area contributed by atoms with Gasteiger partial charge in [0.25, 0.3) is 0 Å². The molecule has 2 heterocycles. The maximum Gasteiger partial charge on any atom is 0.212 e. The highest BCUT2D eigenvalue weighted by molar-refractivity contribution is 5.72. The highest BCUT2D eigenvalue weighted by Crippen LogP contribution is 2.29. The van der Waals surface area contributed by atoms with E-state index in [1.165, 1.54) is 12.8 Å². The lowest BCUT2D eigenvalue weighted by Crippen LogP contribution is -2.18. The number of fused-ring (bicyclic) bond motifs is 1. The van der Waals surface area contributed by atoms with Crippen LogP contribution in [0.4, 0.5) is 0 Å². The van der Waals surface area contributed by atoms with E-state index < -0.39 is 0 Å². The fourth-order valence-corrected chi connectivity index (χ4v) is 2.00. The van der Waals surface area contributed by atoms with Gasteiger partial charge in [0, 0.05) is 19.1 Å². The van der Waals surface area contributed by atoms with E-state index >= 15 is 0 Å². The molecule has 1 saturated carbocycles. The molecule has 1 aliphatic carbocycles. The fourth-order valence-electron chi connectivity index (χ4n) is 2.00. The Kier molecular flexibility index (Phi) is 2.84. The molecule has 1 atom stereocenters. The molecule has 3 rings (SSSR count). The van der Waals surface area contributed by atoms with Crippen LogP contribution in [-0.4, -0.2) is 35.4 Å². The van der Waals surface area contributed by atoms with E-state index in [-0.39, 0.29) is 6.10 Å². The third kappa shape index (κ3) is 2.49. The maximum absolute atomic E-state index is 10.5. The normalized spacial score (nSPS) is 22.2. The lowest BCUT2D eigenvalue weighted by atomic mass is 10.3. The molecule has 0 spiro atoms. The molecule has 0 radical (unpaired) electrons. The van der Waals surface area contributed by atoms with Gasteiger partial charge in [-0.3, -0.25) is 4.79 Å². The van der Waals surface area contributed by atoms with Crippen molar-refractivity contribution in [1.82, 2.24) is 9.78 Å².